The molecule has 0 unspecified atom stereocenters. The van der Waals surface area contributed by atoms with Crippen molar-refractivity contribution >= 4 is 73.6 Å². The number of methoxy groups -OCH3 is 1. The van der Waals surface area contributed by atoms with Crippen molar-refractivity contribution in [1.82, 2.24) is 10.6 Å². The number of carbonyl (C=O) groups is 1. The van der Waals surface area contributed by atoms with Crippen molar-refractivity contribution in [2.75, 3.05) is 12.4 Å². The number of rotatable bonds is 6. The molecule has 1 atom stereocenters. The van der Waals surface area contributed by atoms with Crippen LogP contribution in [0.4, 0.5) is 5.69 Å². The number of benzene rings is 1. The van der Waals surface area contributed by atoms with Crippen molar-refractivity contribution in [2.45, 2.75) is 21.8 Å². The van der Waals surface area contributed by atoms with Crippen LogP contribution in [0.15, 0.2) is 35.1 Å². The van der Waals surface area contributed by atoms with Gasteiger partial charge in [-0.1, -0.05) is 41.4 Å². The van der Waals surface area contributed by atoms with Crippen LogP contribution in [0.1, 0.15) is 6.92 Å². The van der Waals surface area contributed by atoms with E-state index >= 15 is 0 Å². The van der Waals surface area contributed by atoms with Crippen molar-refractivity contribution in [1.29, 1.82) is 0 Å². The summed E-state index contributed by atoms with van der Waals surface area (Å²) in [7, 11) is -2.26. The minimum atomic E-state index is -3.62. The number of thiocarbonyl (C=S) groups is 1. The van der Waals surface area contributed by atoms with Crippen molar-refractivity contribution in [2.24, 2.45) is 0 Å². The maximum absolute atomic E-state index is 11.8. The molecule has 3 N–H and O–H groups in total. The lowest BCUT2D eigenvalue weighted by Crippen LogP contribution is -2.55. The van der Waals surface area contributed by atoms with Crippen LogP contribution < -0.4 is 20.7 Å². The van der Waals surface area contributed by atoms with Gasteiger partial charge in [-0.25, -0.2) is 8.42 Å². The van der Waals surface area contributed by atoms with E-state index in [1.165, 1.54) is 32.2 Å². The molecule has 1 aromatic carbocycles. The molecule has 0 bridgehead atoms. The van der Waals surface area contributed by atoms with Gasteiger partial charge in [-0.2, -0.15) is 0 Å². The number of ether oxygens (including phenoxy) is 1. The molecule has 0 aliphatic heterocycles. The van der Waals surface area contributed by atoms with Gasteiger partial charge in [0, 0.05) is 18.4 Å². The quantitative estimate of drug-likeness (QED) is 0.341. The normalized spacial score (nSPS) is 12.7. The molecule has 0 heterocycles. The Labute approximate surface area is 171 Å². The third-order valence-corrected chi connectivity index (χ3v) is 5.14. The molecule has 26 heavy (non-hydrogen) atoms. The first-order valence-electron chi connectivity index (χ1n) is 6.87. The number of halogens is 3. The molecule has 0 radical (unpaired) electrons. The Morgan fingerprint density at radius 1 is 1.35 bits per heavy atom. The average molecular weight is 461 g/mol. The molecule has 1 rings (SSSR count). The standard InChI is InChI=1S/C14H16Cl3N3O4S2/c1-4-26(22,23)9-5-6-10(11(7-9)24-3)19-13(25)20-12(14(15,16)17)18-8(2)21/h4-7,12H,1H2,2-3H3,(H,18,21)(H2,19,20,25)/t12-/m1/s1. The second kappa shape index (κ2) is 9.09. The van der Waals surface area contributed by atoms with Crippen LogP contribution in [0.5, 0.6) is 5.75 Å². The number of alkyl halides is 3. The van der Waals surface area contributed by atoms with Crippen LogP contribution in [0.25, 0.3) is 0 Å². The largest absolute Gasteiger partial charge is 0.495 e. The molecule has 0 spiro atoms. The van der Waals surface area contributed by atoms with E-state index in [9.17, 15) is 13.2 Å². The number of hydrogen-bond donors (Lipinski definition) is 3. The first kappa shape index (κ1) is 22.8. The molecule has 144 valence electrons. The molecular weight excluding hydrogens is 445 g/mol. The summed E-state index contributed by atoms with van der Waals surface area (Å²) in [5, 5.41) is 8.68. The molecule has 0 aliphatic rings. The minimum absolute atomic E-state index is 0.00573. The highest BCUT2D eigenvalue weighted by atomic mass is 35.6. The number of nitrogens with one attached hydrogen (secondary N) is 3. The minimum Gasteiger partial charge on any atom is -0.495 e. The molecule has 12 heteroatoms. The summed E-state index contributed by atoms with van der Waals surface area (Å²) < 4.78 is 27.0. The van der Waals surface area contributed by atoms with Gasteiger partial charge in [0.05, 0.1) is 17.7 Å². The number of anilines is 1. The highest BCUT2D eigenvalue weighted by Gasteiger charge is 2.34. The number of sulfone groups is 1. The van der Waals surface area contributed by atoms with Crippen LogP contribution >= 0.6 is 47.0 Å². The summed E-state index contributed by atoms with van der Waals surface area (Å²) in [4.78, 5) is 11.2. The van der Waals surface area contributed by atoms with Gasteiger partial charge in [0.1, 0.15) is 11.9 Å². The van der Waals surface area contributed by atoms with Gasteiger partial charge in [-0.05, 0) is 24.4 Å². The third kappa shape index (κ3) is 6.48. The van der Waals surface area contributed by atoms with E-state index in [4.69, 9.17) is 51.8 Å². The van der Waals surface area contributed by atoms with Crippen molar-refractivity contribution < 1.29 is 17.9 Å². The van der Waals surface area contributed by atoms with Gasteiger partial charge in [0.2, 0.25) is 9.70 Å². The number of carbonyl (C=O) groups excluding carboxylic acids is 1. The van der Waals surface area contributed by atoms with Gasteiger partial charge in [0.15, 0.2) is 14.9 Å². The van der Waals surface area contributed by atoms with Crippen LogP contribution in [-0.2, 0) is 14.6 Å². The Kier molecular flexibility index (Phi) is 7.97. The second-order valence-electron chi connectivity index (χ2n) is 4.85. The van der Waals surface area contributed by atoms with Crippen LogP contribution in [0.3, 0.4) is 0 Å². The molecule has 0 saturated carbocycles. The monoisotopic (exact) mass is 459 g/mol. The highest BCUT2D eigenvalue weighted by Crippen LogP contribution is 2.30. The van der Waals surface area contributed by atoms with E-state index in [0.717, 1.165) is 5.41 Å². The molecular formula is C14H16Cl3N3O4S2. The van der Waals surface area contributed by atoms with E-state index in [2.05, 4.69) is 22.5 Å². The lowest BCUT2D eigenvalue weighted by Gasteiger charge is -2.27. The lowest BCUT2D eigenvalue weighted by molar-refractivity contribution is -0.119. The first-order chi connectivity index (χ1) is 11.9. The molecule has 7 nitrogen and oxygen atoms in total. The fraction of sp³-hybridized carbons (Fsp3) is 0.286. The molecule has 0 saturated heterocycles. The predicted octanol–water partition coefficient (Wildman–Crippen LogP) is 2.73. The van der Waals surface area contributed by atoms with E-state index in [-0.39, 0.29) is 15.8 Å². The van der Waals surface area contributed by atoms with E-state index < -0.39 is 25.7 Å². The van der Waals surface area contributed by atoms with E-state index in [0.29, 0.717) is 5.69 Å². The first-order valence-corrected chi connectivity index (χ1v) is 9.96. The summed E-state index contributed by atoms with van der Waals surface area (Å²) in [5.41, 5.74) is 0.360. The van der Waals surface area contributed by atoms with Crippen LogP contribution in [0.2, 0.25) is 0 Å². The second-order valence-corrected chi connectivity index (χ2v) is 9.52. The zero-order valence-corrected chi connectivity index (χ0v) is 17.6. The summed E-state index contributed by atoms with van der Waals surface area (Å²) in [5.74, 6) is -0.227. The van der Waals surface area contributed by atoms with Crippen molar-refractivity contribution in [3.63, 3.8) is 0 Å². The zero-order chi connectivity index (χ0) is 20.1. The Morgan fingerprint density at radius 3 is 2.42 bits per heavy atom. The van der Waals surface area contributed by atoms with Gasteiger partial charge in [0.25, 0.3) is 0 Å². The Morgan fingerprint density at radius 2 is 1.96 bits per heavy atom. The predicted molar refractivity (Wildman–Crippen MR) is 108 cm³/mol. The molecule has 1 aromatic rings. The number of amides is 1. The van der Waals surface area contributed by atoms with Crippen molar-refractivity contribution in [3.8, 4) is 5.75 Å². The van der Waals surface area contributed by atoms with Gasteiger partial charge < -0.3 is 20.7 Å². The summed E-state index contributed by atoms with van der Waals surface area (Å²) in [6.45, 7) is 4.52. The fourth-order valence-electron chi connectivity index (χ4n) is 1.74. The molecule has 0 aliphatic carbocycles. The lowest BCUT2D eigenvalue weighted by atomic mass is 10.3. The topological polar surface area (TPSA) is 96.5 Å². The summed E-state index contributed by atoms with van der Waals surface area (Å²) >= 11 is 22.5. The smallest absolute Gasteiger partial charge is 0.228 e. The zero-order valence-electron chi connectivity index (χ0n) is 13.7. The third-order valence-electron chi connectivity index (χ3n) is 2.92. The Hall–Kier alpha value is -1.26. The van der Waals surface area contributed by atoms with Gasteiger partial charge in [-0.15, -0.1) is 0 Å². The Balaban J connectivity index is 3.02. The SMILES string of the molecule is C=CS(=O)(=O)c1ccc(NC(=S)N[C@@H](NC(C)=O)C(Cl)(Cl)Cl)c(OC)c1. The molecule has 0 fully saturated rings. The van der Waals surface area contributed by atoms with Gasteiger partial charge in [-0.3, -0.25) is 4.79 Å². The van der Waals surface area contributed by atoms with Crippen LogP contribution in [0, 0.1) is 0 Å². The molecule has 0 aromatic heterocycles. The van der Waals surface area contributed by atoms with E-state index in [1.807, 2.05) is 0 Å². The molecule has 1 amide bonds. The van der Waals surface area contributed by atoms with E-state index in [1.54, 1.807) is 0 Å². The average Bonchev–Trinajstić information content (AvgIpc) is 2.53. The Bertz CT molecular complexity index is 810. The maximum Gasteiger partial charge on any atom is 0.228 e. The summed E-state index contributed by atoms with van der Waals surface area (Å²) in [6.07, 6.45) is -1.10. The van der Waals surface area contributed by atoms with Crippen LogP contribution in [-0.4, -0.2) is 36.5 Å². The highest BCUT2D eigenvalue weighted by molar-refractivity contribution is 7.94. The maximum atomic E-state index is 11.8. The fourth-order valence-corrected chi connectivity index (χ4v) is 3.02. The number of hydrogen-bond acceptors (Lipinski definition) is 5. The van der Waals surface area contributed by atoms with Crippen molar-refractivity contribution in [3.05, 3.63) is 30.2 Å². The van der Waals surface area contributed by atoms with Gasteiger partial charge >= 0.3 is 0 Å². The summed E-state index contributed by atoms with van der Waals surface area (Å²) in [6, 6.07) is 4.11.